The van der Waals surface area contributed by atoms with E-state index < -0.39 is 6.10 Å². The second kappa shape index (κ2) is 8.25. The molecule has 2 rings (SSSR count). The molecule has 124 valence electrons. The van der Waals surface area contributed by atoms with Crippen LogP contribution in [-0.4, -0.2) is 24.1 Å². The molecule has 1 aromatic rings. The van der Waals surface area contributed by atoms with Crippen LogP contribution in [0.5, 0.6) is 5.75 Å². The standard InChI is InChI=1S/C15H20Cl2N2O2.ClH/c1-10(21-11-4-5-12(16)13(17)8-11)14(20)19-15(9-18)6-2-3-7-15;/h4-5,8,10H,2-3,6-7,9,18H2,1H3,(H,19,20);1H. The molecule has 1 atom stereocenters. The fraction of sp³-hybridized carbons (Fsp3) is 0.533. The highest BCUT2D eigenvalue weighted by Crippen LogP contribution is 2.29. The van der Waals surface area contributed by atoms with Crippen LogP contribution in [0.2, 0.25) is 10.0 Å². The first kappa shape index (κ1) is 19.4. The van der Waals surface area contributed by atoms with E-state index in [9.17, 15) is 4.79 Å². The molecular formula is C15H21Cl3N2O2. The Kier molecular flexibility index (Phi) is 7.26. The lowest BCUT2D eigenvalue weighted by molar-refractivity contribution is -0.129. The summed E-state index contributed by atoms with van der Waals surface area (Å²) in [6.45, 7) is 2.16. The molecule has 1 aliphatic rings. The molecule has 0 bridgehead atoms. The molecule has 1 fully saturated rings. The topological polar surface area (TPSA) is 64.3 Å². The van der Waals surface area contributed by atoms with E-state index >= 15 is 0 Å². The zero-order valence-electron chi connectivity index (χ0n) is 12.4. The number of hydrogen-bond donors (Lipinski definition) is 2. The van der Waals surface area contributed by atoms with Gasteiger partial charge in [0.25, 0.3) is 5.91 Å². The number of benzene rings is 1. The van der Waals surface area contributed by atoms with Gasteiger partial charge in [0.15, 0.2) is 6.10 Å². The number of nitrogens with two attached hydrogens (primary N) is 1. The zero-order valence-corrected chi connectivity index (χ0v) is 14.7. The van der Waals surface area contributed by atoms with Crippen molar-refractivity contribution in [2.24, 2.45) is 5.73 Å². The monoisotopic (exact) mass is 366 g/mol. The van der Waals surface area contributed by atoms with Crippen molar-refractivity contribution in [1.82, 2.24) is 5.32 Å². The molecule has 0 radical (unpaired) electrons. The van der Waals surface area contributed by atoms with Crippen molar-refractivity contribution in [2.75, 3.05) is 6.54 Å². The molecule has 1 saturated carbocycles. The summed E-state index contributed by atoms with van der Waals surface area (Å²) in [5.74, 6) is 0.355. The predicted octanol–water partition coefficient (Wildman–Crippen LogP) is 3.57. The van der Waals surface area contributed by atoms with Gasteiger partial charge in [-0.25, -0.2) is 0 Å². The van der Waals surface area contributed by atoms with Gasteiger partial charge in [0.05, 0.1) is 15.6 Å². The Labute approximate surface area is 147 Å². The molecule has 0 aliphatic heterocycles. The van der Waals surface area contributed by atoms with Crippen LogP contribution in [0.15, 0.2) is 18.2 Å². The van der Waals surface area contributed by atoms with Crippen LogP contribution in [0.3, 0.4) is 0 Å². The van der Waals surface area contributed by atoms with Crippen molar-refractivity contribution >= 4 is 41.5 Å². The molecule has 1 aromatic carbocycles. The van der Waals surface area contributed by atoms with E-state index in [2.05, 4.69) is 5.32 Å². The average Bonchev–Trinajstić information content (AvgIpc) is 2.92. The van der Waals surface area contributed by atoms with Crippen LogP contribution in [0, 0.1) is 0 Å². The van der Waals surface area contributed by atoms with Crippen molar-refractivity contribution in [3.8, 4) is 5.75 Å². The fourth-order valence-corrected chi connectivity index (χ4v) is 2.89. The first-order valence-corrected chi connectivity index (χ1v) is 7.85. The van der Waals surface area contributed by atoms with E-state index in [1.54, 1.807) is 25.1 Å². The molecule has 0 aromatic heterocycles. The summed E-state index contributed by atoms with van der Waals surface area (Å²) in [5, 5.41) is 3.89. The Morgan fingerprint density at radius 3 is 2.55 bits per heavy atom. The molecule has 4 nitrogen and oxygen atoms in total. The fourth-order valence-electron chi connectivity index (χ4n) is 2.60. The largest absolute Gasteiger partial charge is 0.481 e. The number of halogens is 3. The number of hydrogen-bond acceptors (Lipinski definition) is 3. The van der Waals surface area contributed by atoms with Gasteiger partial charge < -0.3 is 15.8 Å². The van der Waals surface area contributed by atoms with Gasteiger partial charge in [0, 0.05) is 12.6 Å². The molecule has 1 unspecified atom stereocenters. The summed E-state index contributed by atoms with van der Waals surface area (Å²) in [5.41, 5.74) is 5.55. The average molecular weight is 368 g/mol. The molecule has 1 amide bonds. The minimum absolute atomic E-state index is 0. The second-order valence-electron chi connectivity index (χ2n) is 5.52. The van der Waals surface area contributed by atoms with Crippen LogP contribution in [0.25, 0.3) is 0 Å². The number of ether oxygens (including phenoxy) is 1. The Bertz CT molecular complexity index is 520. The highest BCUT2D eigenvalue weighted by Gasteiger charge is 2.35. The summed E-state index contributed by atoms with van der Waals surface area (Å²) in [6.07, 6.45) is 3.42. The van der Waals surface area contributed by atoms with Gasteiger partial charge in [-0.05, 0) is 31.9 Å². The van der Waals surface area contributed by atoms with Gasteiger partial charge in [-0.2, -0.15) is 0 Å². The summed E-state index contributed by atoms with van der Waals surface area (Å²) in [4.78, 5) is 12.3. The van der Waals surface area contributed by atoms with Crippen molar-refractivity contribution in [2.45, 2.75) is 44.2 Å². The lowest BCUT2D eigenvalue weighted by Gasteiger charge is -2.30. The number of rotatable bonds is 5. The van der Waals surface area contributed by atoms with Gasteiger partial charge >= 0.3 is 0 Å². The van der Waals surface area contributed by atoms with E-state index in [0.29, 0.717) is 22.3 Å². The van der Waals surface area contributed by atoms with Gasteiger partial charge in [0.1, 0.15) is 5.75 Å². The number of carbonyl (C=O) groups is 1. The van der Waals surface area contributed by atoms with E-state index in [4.69, 9.17) is 33.7 Å². The lowest BCUT2D eigenvalue weighted by atomic mass is 9.97. The summed E-state index contributed by atoms with van der Waals surface area (Å²) < 4.78 is 5.62. The first-order chi connectivity index (χ1) is 9.96. The Balaban J connectivity index is 0.00000242. The predicted molar refractivity (Wildman–Crippen MR) is 92.2 cm³/mol. The van der Waals surface area contributed by atoms with E-state index in [1.807, 2.05) is 0 Å². The molecular weight excluding hydrogens is 347 g/mol. The van der Waals surface area contributed by atoms with Crippen molar-refractivity contribution in [3.05, 3.63) is 28.2 Å². The third-order valence-corrected chi connectivity index (χ3v) is 4.65. The highest BCUT2D eigenvalue weighted by molar-refractivity contribution is 6.42. The normalized spacial score (nSPS) is 17.5. The smallest absolute Gasteiger partial charge is 0.261 e. The maximum Gasteiger partial charge on any atom is 0.261 e. The molecule has 1 aliphatic carbocycles. The SMILES string of the molecule is CC(Oc1ccc(Cl)c(Cl)c1)C(=O)NC1(CN)CCCC1.Cl. The maximum absolute atomic E-state index is 12.3. The van der Waals surface area contributed by atoms with Crippen molar-refractivity contribution < 1.29 is 9.53 Å². The van der Waals surface area contributed by atoms with E-state index in [1.165, 1.54) is 0 Å². The Hall–Kier alpha value is -0.680. The third-order valence-electron chi connectivity index (χ3n) is 3.91. The van der Waals surface area contributed by atoms with Gasteiger partial charge in [-0.15, -0.1) is 12.4 Å². The number of nitrogens with one attached hydrogen (secondary N) is 1. The second-order valence-corrected chi connectivity index (χ2v) is 6.33. The first-order valence-electron chi connectivity index (χ1n) is 7.09. The summed E-state index contributed by atoms with van der Waals surface area (Å²) in [6, 6.07) is 4.93. The lowest BCUT2D eigenvalue weighted by Crippen LogP contribution is -2.54. The molecule has 0 spiro atoms. The Morgan fingerprint density at radius 2 is 2.00 bits per heavy atom. The van der Waals surface area contributed by atoms with Crippen molar-refractivity contribution in [1.29, 1.82) is 0 Å². The van der Waals surface area contributed by atoms with Gasteiger partial charge in [0.2, 0.25) is 0 Å². The minimum atomic E-state index is -0.619. The molecule has 0 heterocycles. The van der Waals surface area contributed by atoms with Crippen LogP contribution in [0.4, 0.5) is 0 Å². The van der Waals surface area contributed by atoms with Crippen LogP contribution < -0.4 is 15.8 Å². The van der Waals surface area contributed by atoms with Crippen LogP contribution >= 0.6 is 35.6 Å². The maximum atomic E-state index is 12.3. The van der Waals surface area contributed by atoms with E-state index in [0.717, 1.165) is 25.7 Å². The quantitative estimate of drug-likeness (QED) is 0.836. The van der Waals surface area contributed by atoms with E-state index in [-0.39, 0.29) is 23.9 Å². The van der Waals surface area contributed by atoms with Crippen LogP contribution in [-0.2, 0) is 4.79 Å². The molecule has 0 saturated heterocycles. The van der Waals surface area contributed by atoms with Crippen molar-refractivity contribution in [3.63, 3.8) is 0 Å². The molecule has 7 heteroatoms. The number of amides is 1. The van der Waals surface area contributed by atoms with Gasteiger partial charge in [-0.1, -0.05) is 36.0 Å². The minimum Gasteiger partial charge on any atom is -0.481 e. The highest BCUT2D eigenvalue weighted by atomic mass is 35.5. The Morgan fingerprint density at radius 1 is 1.36 bits per heavy atom. The molecule has 22 heavy (non-hydrogen) atoms. The summed E-state index contributed by atoms with van der Waals surface area (Å²) in [7, 11) is 0. The number of carbonyl (C=O) groups excluding carboxylic acids is 1. The van der Waals surface area contributed by atoms with Crippen LogP contribution in [0.1, 0.15) is 32.6 Å². The zero-order chi connectivity index (χ0) is 15.5. The summed E-state index contributed by atoms with van der Waals surface area (Å²) >= 11 is 11.8. The van der Waals surface area contributed by atoms with Gasteiger partial charge in [-0.3, -0.25) is 4.79 Å². The molecule has 3 N–H and O–H groups in total. The third kappa shape index (κ3) is 4.66.